The van der Waals surface area contributed by atoms with Crippen LogP contribution in [0.4, 0.5) is 0 Å². The van der Waals surface area contributed by atoms with Gasteiger partial charge in [0.05, 0.1) is 55.3 Å². The number of hydrogen-bond donors (Lipinski definition) is 2. The van der Waals surface area contributed by atoms with Crippen molar-refractivity contribution >= 4 is 65.7 Å². The summed E-state index contributed by atoms with van der Waals surface area (Å²) >= 11 is 0. The molecule has 111 heavy (non-hydrogen) atoms. The number of phenolic OH excluding ortho intramolecular Hbond substituents is 2. The number of phenols is 2. The van der Waals surface area contributed by atoms with Crippen LogP contribution in [-0.2, 0) is 47.5 Å². The molecule has 0 spiro atoms. The summed E-state index contributed by atoms with van der Waals surface area (Å²) in [7, 11) is 0. The molecule has 0 atom stereocenters. The zero-order valence-corrected chi connectivity index (χ0v) is 64.8. The van der Waals surface area contributed by atoms with Crippen LogP contribution in [0.15, 0.2) is 364 Å². The number of aromatic hydroxyl groups is 2. The fourth-order valence-electron chi connectivity index (χ4n) is 15.6. The standard InChI is InChI=1S/C51H37N4O.C48H31N4O.2Pt/c1-51(2,36-17-6-3-7-18-36)37-30-34(40-25-16-27-46-49(40)53-50(42-24-13-15-28-48(42)56)55(46)39-21-10-5-11-22-39)29-35(31-37)44-32-43-41-23-12-14-26-45(41)54(47(43)33-52-44)38-19-8-4-9-20-38;53-46-26-13-11-22-40(46)48-50-47-38(23-14-25-44(47)52(48)37-19-8-3-9-20-37)34-27-33(32-15-4-1-5-16-32)28-35(29-34)42-30-41-39-21-10-12-24-43(39)51(45(41)31-49-42)36-17-6-2-7-18-36;;/h3-28,30-33,56H,1-2H3;1-28,30-31,53H;;/q2*-1;;. The van der Waals surface area contributed by atoms with Crippen molar-refractivity contribution < 1.29 is 52.3 Å². The summed E-state index contributed by atoms with van der Waals surface area (Å²) in [5, 5.41) is 26.7. The zero-order valence-electron chi connectivity index (χ0n) is 60.2. The number of pyridine rings is 2. The van der Waals surface area contributed by atoms with Gasteiger partial charge in [0.2, 0.25) is 0 Å². The van der Waals surface area contributed by atoms with Crippen molar-refractivity contribution in [1.82, 2.24) is 38.2 Å². The fraction of sp³-hybridized carbons (Fsp3) is 0.0303. The van der Waals surface area contributed by atoms with E-state index in [9.17, 15) is 10.2 Å². The summed E-state index contributed by atoms with van der Waals surface area (Å²) in [6, 6.07) is 128. The molecule has 6 heterocycles. The molecule has 20 aromatic rings. The van der Waals surface area contributed by atoms with Gasteiger partial charge in [-0.25, -0.2) is 9.97 Å². The van der Waals surface area contributed by atoms with E-state index in [0.29, 0.717) is 22.8 Å². The van der Waals surface area contributed by atoms with Crippen LogP contribution in [0, 0.1) is 12.1 Å². The average Bonchev–Trinajstić information content (AvgIpc) is 1.60. The average molecular weight is 1790 g/mol. The van der Waals surface area contributed by atoms with Gasteiger partial charge in [-0.1, -0.05) is 272 Å². The molecule has 538 valence electrons. The van der Waals surface area contributed by atoms with E-state index in [2.05, 4.69) is 293 Å². The van der Waals surface area contributed by atoms with Crippen LogP contribution in [0.25, 0.3) is 167 Å². The van der Waals surface area contributed by atoms with Crippen molar-refractivity contribution in [2.24, 2.45) is 0 Å². The van der Waals surface area contributed by atoms with E-state index in [1.165, 1.54) is 16.3 Å². The van der Waals surface area contributed by atoms with Crippen LogP contribution in [0.5, 0.6) is 11.5 Å². The molecule has 0 saturated heterocycles. The Morgan fingerprint density at radius 3 is 1.07 bits per heavy atom. The van der Waals surface area contributed by atoms with Crippen molar-refractivity contribution in [3.8, 4) is 113 Å². The molecule has 10 nitrogen and oxygen atoms in total. The predicted octanol–water partition coefficient (Wildman–Crippen LogP) is 24.0. The van der Waals surface area contributed by atoms with Gasteiger partial charge in [-0.2, -0.15) is 0 Å². The van der Waals surface area contributed by atoms with Crippen molar-refractivity contribution in [2.45, 2.75) is 19.3 Å². The predicted molar refractivity (Wildman–Crippen MR) is 444 cm³/mol. The van der Waals surface area contributed by atoms with Crippen molar-refractivity contribution in [1.29, 1.82) is 0 Å². The van der Waals surface area contributed by atoms with Crippen molar-refractivity contribution in [3.63, 3.8) is 0 Å². The first-order valence-electron chi connectivity index (χ1n) is 36.5. The summed E-state index contributed by atoms with van der Waals surface area (Å²) in [5.41, 5.74) is 24.7. The Hall–Kier alpha value is -13.1. The molecule has 0 aliphatic carbocycles. The first kappa shape index (κ1) is 70.9. The zero-order chi connectivity index (χ0) is 73.1. The second-order valence-electron chi connectivity index (χ2n) is 27.9. The third kappa shape index (κ3) is 12.8. The van der Waals surface area contributed by atoms with E-state index in [1.807, 2.05) is 103 Å². The molecule has 2 N–H and O–H groups in total. The number of rotatable bonds is 13. The number of fused-ring (bicyclic) bond motifs is 8. The summed E-state index contributed by atoms with van der Waals surface area (Å²) in [4.78, 5) is 20.8. The summed E-state index contributed by atoms with van der Waals surface area (Å²) in [5.74, 6) is 1.69. The van der Waals surface area contributed by atoms with Crippen LogP contribution >= 0.6 is 0 Å². The number of para-hydroxylation sites is 10. The topological polar surface area (TPSA) is 112 Å². The normalized spacial score (nSPS) is 11.4. The fourth-order valence-corrected chi connectivity index (χ4v) is 15.6. The van der Waals surface area contributed by atoms with E-state index in [4.69, 9.17) is 19.9 Å². The number of aromatic nitrogens is 8. The molecule has 6 aromatic heterocycles. The number of hydrogen-bond acceptors (Lipinski definition) is 6. The van der Waals surface area contributed by atoms with Gasteiger partial charge >= 0.3 is 0 Å². The first-order chi connectivity index (χ1) is 53.7. The van der Waals surface area contributed by atoms with Gasteiger partial charge in [-0.05, 0) is 108 Å². The Morgan fingerprint density at radius 2 is 0.622 bits per heavy atom. The van der Waals surface area contributed by atoms with Gasteiger partial charge in [0.15, 0.2) is 0 Å². The summed E-state index contributed by atoms with van der Waals surface area (Å²) < 4.78 is 8.82. The van der Waals surface area contributed by atoms with Gasteiger partial charge in [-0.15, -0.1) is 53.1 Å². The van der Waals surface area contributed by atoms with Crippen LogP contribution in [0.1, 0.15) is 25.0 Å². The molecule has 12 heteroatoms. The Bertz CT molecular complexity index is 6840. The first-order valence-corrected chi connectivity index (χ1v) is 36.5. The van der Waals surface area contributed by atoms with E-state index < -0.39 is 0 Å². The van der Waals surface area contributed by atoms with Crippen LogP contribution in [0.3, 0.4) is 0 Å². The van der Waals surface area contributed by atoms with Crippen LogP contribution in [-0.4, -0.2) is 48.4 Å². The van der Waals surface area contributed by atoms with Gasteiger partial charge in [-0.3, -0.25) is 19.1 Å². The van der Waals surface area contributed by atoms with Gasteiger partial charge in [0.1, 0.15) is 23.1 Å². The van der Waals surface area contributed by atoms with Crippen molar-refractivity contribution in [3.05, 3.63) is 388 Å². The van der Waals surface area contributed by atoms with E-state index in [-0.39, 0.29) is 59.0 Å². The van der Waals surface area contributed by atoms with E-state index in [0.717, 1.165) is 139 Å². The molecular weight excluding hydrogens is 1720 g/mol. The monoisotopic (exact) mass is 1790 g/mol. The maximum absolute atomic E-state index is 11.1. The summed E-state index contributed by atoms with van der Waals surface area (Å²) in [6.07, 6.45) is 3.99. The van der Waals surface area contributed by atoms with Gasteiger partial charge < -0.3 is 19.3 Å². The Kier molecular flexibility index (Phi) is 19.0. The largest absolute Gasteiger partial charge is 0.507 e. The molecule has 0 bridgehead atoms. The molecule has 20 rings (SSSR count). The Labute approximate surface area is 670 Å². The molecule has 0 saturated carbocycles. The molecule has 0 aliphatic rings. The minimum Gasteiger partial charge on any atom is -0.507 e. The Balaban J connectivity index is 0.000000159. The molecule has 0 aliphatic heterocycles. The van der Waals surface area contributed by atoms with E-state index >= 15 is 0 Å². The quantitative estimate of drug-likeness (QED) is 0.111. The number of nitrogens with zero attached hydrogens (tertiary/aromatic N) is 8. The second kappa shape index (κ2) is 29.8. The molecule has 0 amide bonds. The second-order valence-corrected chi connectivity index (χ2v) is 27.9. The number of imidazole rings is 2. The van der Waals surface area contributed by atoms with Crippen LogP contribution < -0.4 is 0 Å². The number of benzene rings is 14. The summed E-state index contributed by atoms with van der Waals surface area (Å²) in [6.45, 7) is 4.55. The van der Waals surface area contributed by atoms with E-state index in [1.54, 1.807) is 12.1 Å². The minimum absolute atomic E-state index is 0. The SMILES string of the molecule is CC(C)(c1ccccc1)c1cc(-c2cc3c4ccccc4n(-c4ccccc4)c3cn2)[c-]c(-c2cccc3c2nc(-c2ccccc2O)n3-c2ccccc2)c1.Oc1ccccc1-c1nc2c(-c3[c-]c(-c4cc5c6ccccc6n(-c6ccccc6)c5cn4)cc(-c4ccccc4)c3)cccc2n1-c1ccccc1.[Pt].[Pt]. The molecule has 0 unspecified atom stereocenters. The van der Waals surface area contributed by atoms with Crippen LogP contribution in [0.2, 0.25) is 0 Å². The molecular formula is C99H68N8O2Pt2-2. The van der Waals surface area contributed by atoms with Crippen molar-refractivity contribution in [2.75, 3.05) is 0 Å². The smallest absolute Gasteiger partial charge is 0.148 e. The molecule has 14 aromatic carbocycles. The Morgan fingerprint density at radius 1 is 0.279 bits per heavy atom. The minimum atomic E-state index is -0.342. The molecule has 0 fully saturated rings. The molecule has 0 radical (unpaired) electrons. The third-order valence-electron chi connectivity index (χ3n) is 21.0. The van der Waals surface area contributed by atoms with Gasteiger partial charge in [0, 0.05) is 116 Å². The third-order valence-corrected chi connectivity index (χ3v) is 21.0. The maximum Gasteiger partial charge on any atom is 0.148 e. The van der Waals surface area contributed by atoms with Gasteiger partial charge in [0.25, 0.3) is 0 Å². The maximum atomic E-state index is 11.1.